The predicted octanol–water partition coefficient (Wildman–Crippen LogP) is 2.69. The topological polar surface area (TPSA) is 66.6 Å². The molecule has 4 nitrogen and oxygen atoms in total. The number of halogens is 1. The van der Waals surface area contributed by atoms with E-state index in [1.165, 1.54) is 6.42 Å². The lowest BCUT2D eigenvalue weighted by atomic mass is 9.93. The van der Waals surface area contributed by atoms with E-state index in [1.807, 2.05) is 0 Å². The van der Waals surface area contributed by atoms with Gasteiger partial charge in [-0.15, -0.1) is 0 Å². The Hall–Kier alpha value is -1.26. The first kappa shape index (κ1) is 15.1. The fourth-order valence-electron chi connectivity index (χ4n) is 2.83. The first-order valence-corrected chi connectivity index (χ1v) is 7.48. The second-order valence-electron chi connectivity index (χ2n) is 5.22. The van der Waals surface area contributed by atoms with Crippen LogP contribution in [0.3, 0.4) is 0 Å². The second-order valence-corrected chi connectivity index (χ2v) is 5.62. The summed E-state index contributed by atoms with van der Waals surface area (Å²) in [6.45, 7) is 0.304. The van der Waals surface area contributed by atoms with Crippen LogP contribution < -0.4 is 5.73 Å². The number of hydrogen-bond donors (Lipinski definition) is 2. The predicted molar refractivity (Wildman–Crippen MR) is 80.9 cm³/mol. The van der Waals surface area contributed by atoms with Crippen molar-refractivity contribution >= 4 is 23.2 Å². The van der Waals surface area contributed by atoms with Gasteiger partial charge in [0.2, 0.25) is 0 Å². The minimum Gasteiger partial charge on any atom is -0.397 e. The van der Waals surface area contributed by atoms with E-state index in [0.29, 0.717) is 22.8 Å². The summed E-state index contributed by atoms with van der Waals surface area (Å²) in [5, 5.41) is 9.63. The Labute approximate surface area is 124 Å². The number of aliphatic hydroxyl groups excluding tert-OH is 1. The molecular weight excluding hydrogens is 276 g/mol. The minimum absolute atomic E-state index is 0.0390. The van der Waals surface area contributed by atoms with Gasteiger partial charge in [-0.3, -0.25) is 4.79 Å². The standard InChI is InChI=1S/C15H21ClN2O2/c16-13-8-4-7-12(14(13)17)15(20)18(9-10-19)11-5-2-1-3-6-11/h4,7-8,11,19H,1-3,5-6,9-10,17H2. The Morgan fingerprint density at radius 2 is 2.05 bits per heavy atom. The van der Waals surface area contributed by atoms with Crippen LogP contribution in [-0.2, 0) is 0 Å². The van der Waals surface area contributed by atoms with Gasteiger partial charge < -0.3 is 15.7 Å². The van der Waals surface area contributed by atoms with Gasteiger partial charge in [0.05, 0.1) is 22.9 Å². The quantitative estimate of drug-likeness (QED) is 0.840. The molecule has 1 saturated carbocycles. The van der Waals surface area contributed by atoms with Crippen molar-refractivity contribution in [3.05, 3.63) is 28.8 Å². The monoisotopic (exact) mass is 296 g/mol. The van der Waals surface area contributed by atoms with Gasteiger partial charge >= 0.3 is 0 Å². The van der Waals surface area contributed by atoms with Crippen molar-refractivity contribution < 1.29 is 9.90 Å². The molecule has 20 heavy (non-hydrogen) atoms. The molecule has 0 aliphatic heterocycles. The van der Waals surface area contributed by atoms with Crippen molar-refractivity contribution in [2.45, 2.75) is 38.1 Å². The molecule has 0 heterocycles. The van der Waals surface area contributed by atoms with E-state index in [1.54, 1.807) is 23.1 Å². The summed E-state index contributed by atoms with van der Waals surface area (Å²) in [7, 11) is 0. The lowest BCUT2D eigenvalue weighted by molar-refractivity contribution is 0.0586. The fraction of sp³-hybridized carbons (Fsp3) is 0.533. The van der Waals surface area contributed by atoms with E-state index in [-0.39, 0.29) is 18.6 Å². The number of anilines is 1. The van der Waals surface area contributed by atoms with Crippen LogP contribution in [0.1, 0.15) is 42.5 Å². The average molecular weight is 297 g/mol. The maximum Gasteiger partial charge on any atom is 0.256 e. The van der Waals surface area contributed by atoms with Crippen molar-refractivity contribution in [2.24, 2.45) is 0 Å². The van der Waals surface area contributed by atoms with Gasteiger partial charge in [0, 0.05) is 12.6 Å². The van der Waals surface area contributed by atoms with Crippen molar-refractivity contribution in [3.8, 4) is 0 Å². The van der Waals surface area contributed by atoms with E-state index >= 15 is 0 Å². The van der Waals surface area contributed by atoms with Gasteiger partial charge in [-0.25, -0.2) is 0 Å². The molecule has 0 radical (unpaired) electrons. The molecule has 1 aliphatic rings. The first-order chi connectivity index (χ1) is 9.65. The molecule has 110 valence electrons. The largest absolute Gasteiger partial charge is 0.397 e. The van der Waals surface area contributed by atoms with Crippen molar-refractivity contribution in [1.82, 2.24) is 4.90 Å². The van der Waals surface area contributed by atoms with Crippen molar-refractivity contribution in [1.29, 1.82) is 0 Å². The zero-order valence-corrected chi connectivity index (χ0v) is 12.3. The summed E-state index contributed by atoms with van der Waals surface area (Å²) in [6, 6.07) is 5.28. The molecule has 0 spiro atoms. The van der Waals surface area contributed by atoms with Crippen LogP contribution in [0.2, 0.25) is 5.02 Å². The molecular formula is C15H21ClN2O2. The van der Waals surface area contributed by atoms with E-state index < -0.39 is 0 Å². The summed E-state index contributed by atoms with van der Waals surface area (Å²) in [4.78, 5) is 14.4. The molecule has 1 aromatic carbocycles. The maximum absolute atomic E-state index is 12.7. The molecule has 3 N–H and O–H groups in total. The smallest absolute Gasteiger partial charge is 0.256 e. The van der Waals surface area contributed by atoms with E-state index in [0.717, 1.165) is 25.7 Å². The van der Waals surface area contributed by atoms with Gasteiger partial charge in [-0.1, -0.05) is 36.9 Å². The number of rotatable bonds is 4. The molecule has 1 fully saturated rings. The summed E-state index contributed by atoms with van der Waals surface area (Å²) in [5.74, 6) is -0.133. The molecule has 0 saturated heterocycles. The zero-order chi connectivity index (χ0) is 14.5. The van der Waals surface area contributed by atoms with E-state index in [2.05, 4.69) is 0 Å². The Kier molecular flexibility index (Phi) is 5.26. The van der Waals surface area contributed by atoms with Crippen LogP contribution in [0.4, 0.5) is 5.69 Å². The molecule has 5 heteroatoms. The number of aliphatic hydroxyl groups is 1. The number of benzene rings is 1. The Morgan fingerprint density at radius 1 is 1.35 bits per heavy atom. The third kappa shape index (κ3) is 3.25. The van der Waals surface area contributed by atoms with Gasteiger partial charge in [-0.05, 0) is 25.0 Å². The molecule has 1 aliphatic carbocycles. The number of carbonyl (C=O) groups is 1. The number of nitrogens with two attached hydrogens (primary N) is 1. The van der Waals surface area contributed by atoms with Crippen LogP contribution >= 0.6 is 11.6 Å². The van der Waals surface area contributed by atoms with Crippen molar-refractivity contribution in [3.63, 3.8) is 0 Å². The van der Waals surface area contributed by atoms with Gasteiger partial charge in [-0.2, -0.15) is 0 Å². The lowest BCUT2D eigenvalue weighted by Gasteiger charge is -2.34. The van der Waals surface area contributed by atoms with E-state index in [9.17, 15) is 9.90 Å². The highest BCUT2D eigenvalue weighted by molar-refractivity contribution is 6.33. The number of carbonyl (C=O) groups excluding carboxylic acids is 1. The van der Waals surface area contributed by atoms with Gasteiger partial charge in [0.1, 0.15) is 0 Å². The SMILES string of the molecule is Nc1c(Cl)cccc1C(=O)N(CCO)C1CCCCC1. The summed E-state index contributed by atoms with van der Waals surface area (Å²) < 4.78 is 0. The van der Waals surface area contributed by atoms with Gasteiger partial charge in [0.25, 0.3) is 5.91 Å². The van der Waals surface area contributed by atoms with Gasteiger partial charge in [0.15, 0.2) is 0 Å². The highest BCUT2D eigenvalue weighted by atomic mass is 35.5. The highest BCUT2D eigenvalue weighted by Crippen LogP contribution is 2.27. The zero-order valence-electron chi connectivity index (χ0n) is 11.5. The molecule has 0 atom stereocenters. The molecule has 0 aromatic heterocycles. The number of amides is 1. The fourth-order valence-corrected chi connectivity index (χ4v) is 3.00. The molecule has 1 amide bonds. The van der Waals surface area contributed by atoms with Crippen LogP contribution in [-0.4, -0.2) is 35.1 Å². The number of para-hydroxylation sites is 1. The average Bonchev–Trinajstić information content (AvgIpc) is 2.48. The first-order valence-electron chi connectivity index (χ1n) is 7.11. The molecule has 1 aromatic rings. The summed E-state index contributed by atoms with van der Waals surface area (Å²) in [5.41, 5.74) is 6.65. The molecule has 2 rings (SSSR count). The molecule has 0 unspecified atom stereocenters. The van der Waals surface area contributed by atoms with Crippen LogP contribution in [0.5, 0.6) is 0 Å². The third-order valence-corrected chi connectivity index (χ3v) is 4.23. The minimum atomic E-state index is -0.133. The maximum atomic E-state index is 12.7. The normalized spacial score (nSPS) is 16.1. The Bertz CT molecular complexity index is 473. The Morgan fingerprint density at radius 3 is 2.70 bits per heavy atom. The number of nitrogens with zero attached hydrogens (tertiary/aromatic N) is 1. The summed E-state index contributed by atoms with van der Waals surface area (Å²) in [6.07, 6.45) is 5.46. The second kappa shape index (κ2) is 6.95. The number of hydrogen-bond acceptors (Lipinski definition) is 3. The van der Waals surface area contributed by atoms with Crippen LogP contribution in [0.15, 0.2) is 18.2 Å². The highest BCUT2D eigenvalue weighted by Gasteiger charge is 2.27. The Balaban J connectivity index is 2.23. The van der Waals surface area contributed by atoms with Crippen molar-refractivity contribution in [2.75, 3.05) is 18.9 Å². The summed E-state index contributed by atoms with van der Waals surface area (Å²) >= 11 is 5.98. The van der Waals surface area contributed by atoms with Crippen LogP contribution in [0, 0.1) is 0 Å². The third-order valence-electron chi connectivity index (χ3n) is 3.90. The molecule has 0 bridgehead atoms. The lowest BCUT2D eigenvalue weighted by Crippen LogP contribution is -2.43. The number of nitrogen functional groups attached to an aromatic ring is 1. The van der Waals surface area contributed by atoms with E-state index in [4.69, 9.17) is 17.3 Å². The van der Waals surface area contributed by atoms with Crippen LogP contribution in [0.25, 0.3) is 0 Å².